The fraction of sp³-hybridized carbons (Fsp3) is 0.667. The van der Waals surface area contributed by atoms with E-state index in [1.807, 2.05) is 12.1 Å². The van der Waals surface area contributed by atoms with Crippen LogP contribution < -0.4 is 9.84 Å². The van der Waals surface area contributed by atoms with Gasteiger partial charge in [-0.1, -0.05) is 13.0 Å². The molecule has 9 atom stereocenters. The molecule has 0 bridgehead atoms. The van der Waals surface area contributed by atoms with Gasteiger partial charge in [-0.25, -0.2) is 0 Å². The molecule has 32 heavy (non-hydrogen) atoms. The Balaban J connectivity index is 1.35. The zero-order valence-corrected chi connectivity index (χ0v) is 18.0. The van der Waals surface area contributed by atoms with E-state index >= 15 is 0 Å². The van der Waals surface area contributed by atoms with Crippen LogP contribution in [0.2, 0.25) is 0 Å². The lowest BCUT2D eigenvalue weighted by atomic mass is 9.55. The highest BCUT2D eigenvalue weighted by molar-refractivity contribution is 5.87. The minimum Gasteiger partial charge on any atom is -0.547 e. The number of hydrogen-bond donors (Lipinski definition) is 3. The Morgan fingerprint density at radius 1 is 1.12 bits per heavy atom. The van der Waals surface area contributed by atoms with Crippen molar-refractivity contribution in [3.63, 3.8) is 0 Å². The lowest BCUT2D eigenvalue weighted by Crippen LogP contribution is -2.63. The van der Waals surface area contributed by atoms with Gasteiger partial charge in [0.25, 0.3) is 0 Å². The number of benzene rings is 1. The predicted octanol–water partition coefficient (Wildman–Crippen LogP) is 0.0481. The molecule has 3 N–H and O–H groups in total. The van der Waals surface area contributed by atoms with Gasteiger partial charge >= 0.3 is 0 Å². The zero-order valence-electron chi connectivity index (χ0n) is 18.0. The van der Waals surface area contributed by atoms with E-state index in [1.165, 1.54) is 5.56 Å². The molecule has 2 saturated carbocycles. The molecule has 0 aromatic heterocycles. The highest BCUT2D eigenvalue weighted by Crippen LogP contribution is 2.59. The van der Waals surface area contributed by atoms with Gasteiger partial charge in [-0.3, -0.25) is 4.79 Å². The molecule has 1 aromatic carbocycles. The number of ether oxygens (including phenoxy) is 2. The van der Waals surface area contributed by atoms with Gasteiger partial charge in [0.2, 0.25) is 6.29 Å². The average Bonchev–Trinajstić information content (AvgIpc) is 3.08. The van der Waals surface area contributed by atoms with Gasteiger partial charge in [0, 0.05) is 11.8 Å². The number of aliphatic hydroxyl groups excluding tert-OH is 3. The molecular weight excluding hydrogens is 416 g/mol. The van der Waals surface area contributed by atoms with Crippen LogP contribution in [-0.4, -0.2) is 57.8 Å². The molecule has 174 valence electrons. The number of carboxylic acids is 1. The van der Waals surface area contributed by atoms with Crippen molar-refractivity contribution in [2.24, 2.45) is 17.3 Å². The first kappa shape index (κ1) is 21.8. The van der Waals surface area contributed by atoms with Gasteiger partial charge in [-0.15, -0.1) is 0 Å². The summed E-state index contributed by atoms with van der Waals surface area (Å²) < 4.78 is 10.9. The summed E-state index contributed by atoms with van der Waals surface area (Å²) in [4.78, 5) is 23.7. The molecule has 5 rings (SSSR count). The van der Waals surface area contributed by atoms with Crippen molar-refractivity contribution in [3.05, 3.63) is 29.3 Å². The first-order chi connectivity index (χ1) is 15.2. The Bertz CT molecular complexity index is 931. The van der Waals surface area contributed by atoms with Crippen molar-refractivity contribution in [3.8, 4) is 5.75 Å². The van der Waals surface area contributed by atoms with Crippen LogP contribution in [0.3, 0.4) is 0 Å². The molecule has 0 radical (unpaired) electrons. The molecule has 3 fully saturated rings. The smallest absolute Gasteiger partial charge is 0.229 e. The Morgan fingerprint density at radius 2 is 1.91 bits per heavy atom. The first-order valence-corrected chi connectivity index (χ1v) is 11.4. The Hall–Kier alpha value is -2.00. The molecule has 1 aromatic rings. The molecule has 8 nitrogen and oxygen atoms in total. The van der Waals surface area contributed by atoms with Gasteiger partial charge in [-0.2, -0.15) is 0 Å². The van der Waals surface area contributed by atoms with E-state index < -0.39 is 36.7 Å². The van der Waals surface area contributed by atoms with Crippen molar-refractivity contribution in [2.45, 2.75) is 82.1 Å². The van der Waals surface area contributed by atoms with Gasteiger partial charge in [-0.05, 0) is 73.1 Å². The van der Waals surface area contributed by atoms with Crippen LogP contribution in [0.1, 0.15) is 56.1 Å². The number of aliphatic carboxylic acids is 1. The number of aryl methyl sites for hydroxylation is 1. The lowest BCUT2D eigenvalue weighted by Gasteiger charge is -2.48. The zero-order chi connectivity index (χ0) is 22.8. The fourth-order valence-corrected chi connectivity index (χ4v) is 6.68. The van der Waals surface area contributed by atoms with Crippen LogP contribution in [0.25, 0.3) is 0 Å². The number of carboxylic acid groups (broad SMARTS) is 1. The lowest BCUT2D eigenvalue weighted by molar-refractivity contribution is -0.342. The minimum atomic E-state index is -1.81. The summed E-state index contributed by atoms with van der Waals surface area (Å²) >= 11 is 0. The summed E-state index contributed by atoms with van der Waals surface area (Å²) in [5.74, 6) is 0.477. The van der Waals surface area contributed by atoms with Gasteiger partial charge in [0.15, 0.2) is 0 Å². The minimum absolute atomic E-state index is 0.170. The quantitative estimate of drug-likeness (QED) is 0.594. The number of carbonyl (C=O) groups is 2. The molecule has 0 amide bonds. The van der Waals surface area contributed by atoms with Crippen molar-refractivity contribution in [2.75, 3.05) is 0 Å². The van der Waals surface area contributed by atoms with Gasteiger partial charge < -0.3 is 34.7 Å². The maximum Gasteiger partial charge on any atom is 0.229 e. The first-order valence-electron chi connectivity index (χ1n) is 11.4. The molecule has 4 aliphatic rings. The number of Topliss-reactive ketones (excluding diaryl/α,β-unsaturated/α-hetero) is 1. The summed E-state index contributed by atoms with van der Waals surface area (Å²) in [6, 6.07) is 5.65. The molecular formula is C24H29O8-. The van der Waals surface area contributed by atoms with E-state index in [4.69, 9.17) is 9.47 Å². The van der Waals surface area contributed by atoms with Crippen molar-refractivity contribution in [1.82, 2.24) is 0 Å². The topological polar surface area (TPSA) is 136 Å². The maximum atomic E-state index is 12.5. The SMILES string of the molecule is C[C@]12CC[C@@H]3c4ccc(O[C@@H]5O[C@H](C(=O)[O-])[C@@H](O)[C@H](O)[C@H]5O)cc4CC[C@H]3[C@@H]1CCC2=O. The van der Waals surface area contributed by atoms with E-state index in [0.717, 1.165) is 37.7 Å². The molecule has 8 heteroatoms. The van der Waals surface area contributed by atoms with Gasteiger partial charge in [0.05, 0.1) is 5.97 Å². The van der Waals surface area contributed by atoms with Crippen LogP contribution in [-0.2, 0) is 20.7 Å². The summed E-state index contributed by atoms with van der Waals surface area (Å²) in [6.07, 6.45) is -2.97. The molecule has 0 unspecified atom stereocenters. The molecule has 3 aliphatic carbocycles. The third kappa shape index (κ3) is 3.27. The van der Waals surface area contributed by atoms with Gasteiger partial charge in [0.1, 0.15) is 35.9 Å². The molecule has 1 saturated heterocycles. The van der Waals surface area contributed by atoms with E-state index in [0.29, 0.717) is 35.7 Å². The largest absolute Gasteiger partial charge is 0.547 e. The average molecular weight is 445 g/mol. The second-order valence-electron chi connectivity index (χ2n) is 10.0. The fourth-order valence-electron chi connectivity index (χ4n) is 6.68. The van der Waals surface area contributed by atoms with Crippen molar-refractivity contribution >= 4 is 11.8 Å². The van der Waals surface area contributed by atoms with Crippen molar-refractivity contribution in [1.29, 1.82) is 0 Å². The normalized spacial score (nSPS) is 43.2. The summed E-state index contributed by atoms with van der Waals surface area (Å²) in [5, 5.41) is 41.2. The third-order valence-corrected chi connectivity index (χ3v) is 8.46. The molecule has 1 heterocycles. The number of ketones is 1. The van der Waals surface area contributed by atoms with Crippen LogP contribution in [0.5, 0.6) is 5.75 Å². The third-order valence-electron chi connectivity index (χ3n) is 8.46. The predicted molar refractivity (Wildman–Crippen MR) is 108 cm³/mol. The number of fused-ring (bicyclic) bond motifs is 5. The van der Waals surface area contributed by atoms with Crippen LogP contribution in [0.15, 0.2) is 18.2 Å². The summed E-state index contributed by atoms with van der Waals surface area (Å²) in [5.41, 5.74) is 2.24. The maximum absolute atomic E-state index is 12.5. The van der Waals surface area contributed by atoms with E-state index in [-0.39, 0.29) is 5.41 Å². The van der Waals surface area contributed by atoms with Crippen molar-refractivity contribution < 1.29 is 39.5 Å². The second-order valence-corrected chi connectivity index (χ2v) is 10.0. The highest BCUT2D eigenvalue weighted by Gasteiger charge is 2.54. The van der Waals surface area contributed by atoms with Crippen LogP contribution >= 0.6 is 0 Å². The standard InChI is InChI=1S/C24H30O8/c1-24-9-8-14-13-5-3-12(10-11(13)2-4-15(14)16(24)6-7-17(24)25)31-23-20(28)18(26)19(27)21(32-23)22(29)30/h3,5,10,14-16,18-21,23,26-28H,2,4,6-9H2,1H3,(H,29,30)/p-1/t14-,15-,16+,18+,19+,20-,21+,23-,24+/m1/s1. The Morgan fingerprint density at radius 3 is 2.66 bits per heavy atom. The number of carbonyl (C=O) groups excluding carboxylic acids is 2. The monoisotopic (exact) mass is 445 g/mol. The number of hydrogen-bond acceptors (Lipinski definition) is 8. The summed E-state index contributed by atoms with van der Waals surface area (Å²) in [7, 11) is 0. The highest BCUT2D eigenvalue weighted by atomic mass is 16.7. The Kier molecular flexibility index (Phi) is 5.32. The summed E-state index contributed by atoms with van der Waals surface area (Å²) in [6.45, 7) is 2.15. The number of aliphatic hydroxyl groups is 3. The van der Waals surface area contributed by atoms with E-state index in [1.54, 1.807) is 6.07 Å². The van der Waals surface area contributed by atoms with Crippen LogP contribution in [0.4, 0.5) is 0 Å². The van der Waals surface area contributed by atoms with E-state index in [9.17, 15) is 30.0 Å². The number of rotatable bonds is 3. The second kappa shape index (κ2) is 7.80. The Labute approximate surface area is 186 Å². The molecule has 0 spiro atoms. The van der Waals surface area contributed by atoms with Crippen LogP contribution in [0, 0.1) is 17.3 Å². The van der Waals surface area contributed by atoms with E-state index in [2.05, 4.69) is 6.92 Å². The molecule has 1 aliphatic heterocycles.